The van der Waals surface area contributed by atoms with Crippen molar-refractivity contribution in [3.63, 3.8) is 0 Å². The molecule has 10 heteroatoms. The molecule has 0 saturated heterocycles. The second-order valence-electron chi connectivity index (χ2n) is 8.75. The van der Waals surface area contributed by atoms with Crippen LogP contribution in [0.25, 0.3) is 0 Å². The number of para-hydroxylation sites is 1. The lowest BCUT2D eigenvalue weighted by atomic mass is 10.1. The number of halogens is 2. The van der Waals surface area contributed by atoms with Crippen LogP contribution in [0.15, 0.2) is 48.5 Å². The van der Waals surface area contributed by atoms with Gasteiger partial charge in [-0.05, 0) is 51.5 Å². The normalized spacial score (nSPS) is 12.7. The minimum absolute atomic E-state index is 0.0356. The molecule has 0 bridgehead atoms. The molecule has 0 aliphatic heterocycles. The number of carbonyl (C=O) groups is 2. The molecule has 0 fully saturated rings. The molecule has 7 nitrogen and oxygen atoms in total. The number of hydrogen-bond donors (Lipinski definition) is 1. The van der Waals surface area contributed by atoms with Crippen molar-refractivity contribution in [2.75, 3.05) is 17.1 Å². The maximum atomic E-state index is 14.4. The van der Waals surface area contributed by atoms with Gasteiger partial charge in [0.2, 0.25) is 21.8 Å². The Hall–Kier alpha value is -2.65. The van der Waals surface area contributed by atoms with E-state index in [4.69, 9.17) is 11.6 Å². The maximum absolute atomic E-state index is 14.4. The quantitative estimate of drug-likeness (QED) is 0.604. The van der Waals surface area contributed by atoms with Crippen molar-refractivity contribution in [2.45, 2.75) is 45.8 Å². The summed E-state index contributed by atoms with van der Waals surface area (Å²) in [5, 5.41) is 3.22. The molecule has 0 aliphatic rings. The Morgan fingerprint density at radius 2 is 1.67 bits per heavy atom. The summed E-state index contributed by atoms with van der Waals surface area (Å²) in [5.74, 6) is -1.88. The van der Waals surface area contributed by atoms with Gasteiger partial charge in [-0.3, -0.25) is 13.9 Å². The van der Waals surface area contributed by atoms with Crippen LogP contribution in [0.2, 0.25) is 5.02 Å². The molecule has 2 aromatic carbocycles. The number of nitrogens with zero attached hydrogens (tertiary/aromatic N) is 2. The Morgan fingerprint density at radius 3 is 2.21 bits per heavy atom. The van der Waals surface area contributed by atoms with Gasteiger partial charge in [-0.2, -0.15) is 0 Å². The Balaban J connectivity index is 2.43. The molecule has 0 heterocycles. The predicted octanol–water partition coefficient (Wildman–Crippen LogP) is 3.58. The first kappa shape index (κ1) is 26.6. The van der Waals surface area contributed by atoms with Gasteiger partial charge in [0.05, 0.1) is 11.9 Å². The first-order valence-corrected chi connectivity index (χ1v) is 12.5. The first-order chi connectivity index (χ1) is 15.2. The Bertz CT molecular complexity index is 1120. The van der Waals surface area contributed by atoms with Gasteiger partial charge in [-0.25, -0.2) is 12.8 Å². The fraction of sp³-hybridized carbons (Fsp3) is 0.391. The van der Waals surface area contributed by atoms with Crippen LogP contribution >= 0.6 is 11.6 Å². The third-order valence-electron chi connectivity index (χ3n) is 4.76. The van der Waals surface area contributed by atoms with Gasteiger partial charge < -0.3 is 10.2 Å². The summed E-state index contributed by atoms with van der Waals surface area (Å²) in [4.78, 5) is 27.5. The number of carbonyl (C=O) groups excluding carboxylic acids is 2. The Kier molecular flexibility index (Phi) is 8.48. The lowest BCUT2D eigenvalue weighted by molar-refractivity contribution is -0.140. The summed E-state index contributed by atoms with van der Waals surface area (Å²) >= 11 is 6.26. The highest BCUT2D eigenvalue weighted by Crippen LogP contribution is 2.23. The largest absolute Gasteiger partial charge is 0.350 e. The summed E-state index contributed by atoms with van der Waals surface area (Å²) in [6.45, 7) is 6.25. The summed E-state index contributed by atoms with van der Waals surface area (Å²) in [6, 6.07) is 11.2. The zero-order chi connectivity index (χ0) is 25.0. The topological polar surface area (TPSA) is 86.8 Å². The molecular weight excluding hydrogens is 469 g/mol. The molecule has 0 saturated carbocycles. The summed E-state index contributed by atoms with van der Waals surface area (Å²) in [5.41, 5.74) is -0.214. The number of sulfonamides is 1. The molecule has 2 rings (SSSR count). The number of anilines is 1. The van der Waals surface area contributed by atoms with E-state index in [-0.39, 0.29) is 12.2 Å². The molecular formula is C23H29ClFN3O4S. The first-order valence-electron chi connectivity index (χ1n) is 10.3. The van der Waals surface area contributed by atoms with E-state index in [0.717, 1.165) is 12.3 Å². The molecule has 0 aliphatic carbocycles. The highest BCUT2D eigenvalue weighted by Gasteiger charge is 2.32. The van der Waals surface area contributed by atoms with Gasteiger partial charge in [0, 0.05) is 17.1 Å². The fourth-order valence-electron chi connectivity index (χ4n) is 3.12. The highest BCUT2D eigenvalue weighted by atomic mass is 35.5. The van der Waals surface area contributed by atoms with Crippen LogP contribution < -0.4 is 9.62 Å². The lowest BCUT2D eigenvalue weighted by Crippen LogP contribution is -2.54. The van der Waals surface area contributed by atoms with Crippen molar-refractivity contribution in [1.82, 2.24) is 10.2 Å². The third-order valence-corrected chi connectivity index (χ3v) is 6.26. The van der Waals surface area contributed by atoms with Crippen molar-refractivity contribution >= 4 is 39.1 Å². The van der Waals surface area contributed by atoms with Crippen LogP contribution in [0.4, 0.5) is 10.1 Å². The smallest absolute Gasteiger partial charge is 0.244 e. The van der Waals surface area contributed by atoms with Crippen LogP contribution in [0.5, 0.6) is 0 Å². The van der Waals surface area contributed by atoms with E-state index in [1.807, 2.05) is 0 Å². The second kappa shape index (κ2) is 10.5. The standard InChI is InChI=1S/C23H29ClFN3O4S/c1-16(22(30)26-23(2,3)4)27(14-17-10-6-7-11-18(17)24)21(29)15-28(33(5,31)32)20-13-9-8-12-19(20)25/h6-13,16H,14-15H2,1-5H3,(H,26,30). The van der Waals surface area contributed by atoms with Crippen molar-refractivity contribution in [3.05, 3.63) is 64.9 Å². The van der Waals surface area contributed by atoms with Crippen molar-refractivity contribution in [3.8, 4) is 0 Å². The Morgan fingerprint density at radius 1 is 1.09 bits per heavy atom. The molecule has 1 atom stereocenters. The van der Waals surface area contributed by atoms with E-state index in [0.29, 0.717) is 14.9 Å². The third kappa shape index (κ3) is 7.43. The highest BCUT2D eigenvalue weighted by molar-refractivity contribution is 7.92. The molecule has 0 spiro atoms. The van der Waals surface area contributed by atoms with Crippen molar-refractivity contribution in [1.29, 1.82) is 0 Å². The summed E-state index contributed by atoms with van der Waals surface area (Å²) in [6.07, 6.45) is 0.890. The van der Waals surface area contributed by atoms with Gasteiger partial charge in [0.15, 0.2) is 0 Å². The van der Waals surface area contributed by atoms with E-state index in [1.165, 1.54) is 23.1 Å². The number of rotatable bonds is 8. The second-order valence-corrected chi connectivity index (χ2v) is 11.1. The van der Waals surface area contributed by atoms with Gasteiger partial charge in [-0.15, -0.1) is 0 Å². The molecule has 1 unspecified atom stereocenters. The van der Waals surface area contributed by atoms with Crippen LogP contribution in [-0.4, -0.2) is 49.5 Å². The summed E-state index contributed by atoms with van der Waals surface area (Å²) < 4.78 is 39.9. The fourth-order valence-corrected chi connectivity index (χ4v) is 4.16. The SMILES string of the molecule is CC(C(=O)NC(C)(C)C)N(Cc1ccccc1Cl)C(=O)CN(c1ccccc1F)S(C)(=O)=O. The predicted molar refractivity (Wildman–Crippen MR) is 128 cm³/mol. The van der Waals surface area contributed by atoms with Crippen molar-refractivity contribution < 1.29 is 22.4 Å². The van der Waals surface area contributed by atoms with E-state index in [9.17, 15) is 22.4 Å². The lowest BCUT2D eigenvalue weighted by Gasteiger charge is -2.33. The van der Waals surface area contributed by atoms with E-state index >= 15 is 0 Å². The molecule has 0 aromatic heterocycles. The van der Waals surface area contributed by atoms with E-state index in [1.54, 1.807) is 52.0 Å². The average Bonchev–Trinajstić information content (AvgIpc) is 2.69. The summed E-state index contributed by atoms with van der Waals surface area (Å²) in [7, 11) is -4.01. The Labute approximate surface area is 199 Å². The van der Waals surface area contributed by atoms with E-state index < -0.39 is 45.8 Å². The van der Waals surface area contributed by atoms with Crippen LogP contribution in [0.3, 0.4) is 0 Å². The zero-order valence-corrected chi connectivity index (χ0v) is 20.9. The van der Waals surface area contributed by atoms with Gasteiger partial charge in [0.1, 0.15) is 18.4 Å². The number of hydrogen-bond acceptors (Lipinski definition) is 4. The monoisotopic (exact) mass is 497 g/mol. The zero-order valence-electron chi connectivity index (χ0n) is 19.3. The van der Waals surface area contributed by atoms with Gasteiger partial charge in [-0.1, -0.05) is 41.9 Å². The number of nitrogens with one attached hydrogen (secondary N) is 1. The average molecular weight is 498 g/mol. The minimum atomic E-state index is -4.01. The minimum Gasteiger partial charge on any atom is -0.350 e. The van der Waals surface area contributed by atoms with Crippen molar-refractivity contribution in [2.24, 2.45) is 0 Å². The van der Waals surface area contributed by atoms with Crippen LogP contribution in [0.1, 0.15) is 33.3 Å². The molecule has 0 radical (unpaired) electrons. The molecule has 2 aromatic rings. The molecule has 33 heavy (non-hydrogen) atoms. The molecule has 2 amide bonds. The number of amides is 2. The van der Waals surface area contributed by atoms with Crippen LogP contribution in [0, 0.1) is 5.82 Å². The molecule has 1 N–H and O–H groups in total. The molecule has 180 valence electrons. The maximum Gasteiger partial charge on any atom is 0.244 e. The number of benzene rings is 2. The van der Waals surface area contributed by atoms with E-state index in [2.05, 4.69) is 5.32 Å². The van der Waals surface area contributed by atoms with Gasteiger partial charge in [0.25, 0.3) is 0 Å². The van der Waals surface area contributed by atoms with Gasteiger partial charge >= 0.3 is 0 Å². The van der Waals surface area contributed by atoms with Crippen LogP contribution in [-0.2, 0) is 26.2 Å².